The van der Waals surface area contributed by atoms with Gasteiger partial charge in [-0.05, 0) is 91.8 Å². The van der Waals surface area contributed by atoms with Gasteiger partial charge in [0.05, 0.1) is 17.4 Å². The summed E-state index contributed by atoms with van der Waals surface area (Å²) >= 11 is 0. The molecular weight excluding hydrogens is 653 g/mol. The molecule has 4 aliphatic rings. The van der Waals surface area contributed by atoms with Crippen molar-refractivity contribution in [2.45, 2.75) is 63.3 Å². The fourth-order valence-corrected chi connectivity index (χ4v) is 8.08. The van der Waals surface area contributed by atoms with E-state index in [1.807, 2.05) is 79.0 Å². The van der Waals surface area contributed by atoms with E-state index in [2.05, 4.69) is 34.9 Å². The first-order chi connectivity index (χ1) is 25.3. The SMILES string of the molecule is CN(C)C(=O)c1ccc(CN2CCn3c(cnc3C(=O)NCc3ccc(NC(=O)c4ccc(N5CCN(C6CC6)CC5)cc4)cc3)C23CCC3)cc1. The second kappa shape index (κ2) is 14.2. The molecule has 11 heteroatoms. The number of fused-ring (bicyclic) bond motifs is 2. The number of aromatic nitrogens is 2. The lowest BCUT2D eigenvalue weighted by Gasteiger charge is -2.53. The maximum Gasteiger partial charge on any atom is 0.287 e. The predicted octanol–water partition coefficient (Wildman–Crippen LogP) is 4.95. The Morgan fingerprint density at radius 1 is 0.788 bits per heavy atom. The Morgan fingerprint density at radius 2 is 1.46 bits per heavy atom. The molecule has 3 heterocycles. The molecule has 0 radical (unpaired) electrons. The predicted molar refractivity (Wildman–Crippen MR) is 201 cm³/mol. The lowest BCUT2D eigenvalue weighted by Crippen LogP contribution is -2.56. The molecule has 2 aliphatic heterocycles. The van der Waals surface area contributed by atoms with Crippen molar-refractivity contribution in [3.8, 4) is 0 Å². The molecule has 4 aromatic rings. The van der Waals surface area contributed by atoms with Crippen LogP contribution >= 0.6 is 0 Å². The van der Waals surface area contributed by atoms with Crippen LogP contribution in [0.2, 0.25) is 0 Å². The summed E-state index contributed by atoms with van der Waals surface area (Å²) in [6, 6.07) is 24.2. The van der Waals surface area contributed by atoms with Crippen molar-refractivity contribution >= 4 is 29.1 Å². The number of carbonyl (C=O) groups excluding carboxylic acids is 3. The van der Waals surface area contributed by atoms with Gasteiger partial charge in [0.25, 0.3) is 17.7 Å². The van der Waals surface area contributed by atoms with E-state index in [-0.39, 0.29) is 23.3 Å². The zero-order chi connectivity index (χ0) is 35.8. The van der Waals surface area contributed by atoms with E-state index < -0.39 is 0 Å². The lowest BCUT2D eigenvalue weighted by atomic mass is 9.72. The Morgan fingerprint density at radius 3 is 2.10 bits per heavy atom. The number of nitrogens with zero attached hydrogens (tertiary/aromatic N) is 6. The molecule has 3 fully saturated rings. The minimum atomic E-state index is -0.194. The Balaban J connectivity index is 0.841. The number of anilines is 2. The molecule has 3 aromatic carbocycles. The summed E-state index contributed by atoms with van der Waals surface area (Å²) in [5.41, 5.74) is 6.26. The van der Waals surface area contributed by atoms with Gasteiger partial charge in [-0.3, -0.25) is 24.2 Å². The van der Waals surface area contributed by atoms with Gasteiger partial charge in [-0.2, -0.15) is 0 Å². The number of rotatable bonds is 10. The molecule has 3 amide bonds. The summed E-state index contributed by atoms with van der Waals surface area (Å²) in [6.45, 7) is 6.91. The normalized spacial score (nSPS) is 18.4. The van der Waals surface area contributed by atoms with Crippen LogP contribution in [0.4, 0.5) is 11.4 Å². The molecule has 0 unspecified atom stereocenters. The Bertz CT molecular complexity index is 1920. The molecule has 8 rings (SSSR count). The first kappa shape index (κ1) is 34.1. The fourth-order valence-electron chi connectivity index (χ4n) is 8.08. The van der Waals surface area contributed by atoms with Gasteiger partial charge in [-0.1, -0.05) is 24.3 Å². The highest BCUT2D eigenvalue weighted by atomic mass is 16.2. The first-order valence-corrected chi connectivity index (χ1v) is 18.7. The van der Waals surface area contributed by atoms with E-state index >= 15 is 0 Å². The van der Waals surface area contributed by atoms with Crippen LogP contribution in [0.5, 0.6) is 0 Å². The zero-order valence-corrected chi connectivity index (χ0v) is 30.2. The molecule has 52 heavy (non-hydrogen) atoms. The summed E-state index contributed by atoms with van der Waals surface area (Å²) in [6.07, 6.45) is 7.78. The van der Waals surface area contributed by atoms with Crippen molar-refractivity contribution in [1.82, 2.24) is 29.6 Å². The summed E-state index contributed by atoms with van der Waals surface area (Å²) < 4.78 is 2.10. The van der Waals surface area contributed by atoms with Crippen LogP contribution in [0, 0.1) is 0 Å². The smallest absolute Gasteiger partial charge is 0.287 e. The van der Waals surface area contributed by atoms with Gasteiger partial charge in [0.2, 0.25) is 0 Å². The number of amides is 3. The average Bonchev–Trinajstić information content (AvgIpc) is 3.92. The second-order valence-corrected chi connectivity index (χ2v) is 15.0. The maximum atomic E-state index is 13.4. The van der Waals surface area contributed by atoms with Crippen LogP contribution in [0.25, 0.3) is 0 Å². The second-order valence-electron chi connectivity index (χ2n) is 15.0. The van der Waals surface area contributed by atoms with Crippen molar-refractivity contribution in [3.63, 3.8) is 0 Å². The molecule has 0 bridgehead atoms. The quantitative estimate of drug-likeness (QED) is 0.241. The topological polar surface area (TPSA) is 106 Å². The molecule has 2 N–H and O–H groups in total. The molecular formula is C41H48N8O3. The molecule has 1 aromatic heterocycles. The van der Waals surface area contributed by atoms with Gasteiger partial charge in [-0.25, -0.2) is 4.98 Å². The summed E-state index contributed by atoms with van der Waals surface area (Å²) in [5.74, 6) is 0.108. The monoisotopic (exact) mass is 700 g/mol. The standard InChI is InChI=1S/C41H48N8O3/c1-45(2)40(52)32-8-4-30(5-9-32)28-48-24-25-49-36(41(48)18-3-19-41)27-42-37(49)39(51)43-26-29-6-12-33(13-7-29)44-38(50)31-10-14-34(15-11-31)46-20-22-47(23-21-46)35-16-17-35/h4-15,27,35H,3,16-26,28H2,1-2H3,(H,43,51)(H,44,50). The van der Waals surface area contributed by atoms with E-state index in [1.54, 1.807) is 19.0 Å². The van der Waals surface area contributed by atoms with Gasteiger partial charge in [-0.15, -0.1) is 0 Å². The third kappa shape index (κ3) is 6.82. The van der Waals surface area contributed by atoms with Crippen molar-refractivity contribution in [2.75, 3.05) is 57.0 Å². The van der Waals surface area contributed by atoms with Gasteiger partial charge in [0.1, 0.15) is 0 Å². The average molecular weight is 701 g/mol. The summed E-state index contributed by atoms with van der Waals surface area (Å²) in [5, 5.41) is 6.06. The van der Waals surface area contributed by atoms with E-state index in [1.165, 1.54) is 18.4 Å². The maximum absolute atomic E-state index is 13.4. The van der Waals surface area contributed by atoms with Crippen LogP contribution in [0.1, 0.15) is 80.3 Å². The molecule has 0 atom stereocenters. The minimum Gasteiger partial charge on any atom is -0.369 e. The van der Waals surface area contributed by atoms with E-state index in [4.69, 9.17) is 0 Å². The number of piperazine rings is 1. The minimum absolute atomic E-state index is 0.000449. The molecule has 270 valence electrons. The molecule has 2 saturated carbocycles. The van der Waals surface area contributed by atoms with Crippen LogP contribution in [0.15, 0.2) is 79.0 Å². The van der Waals surface area contributed by atoms with Crippen molar-refractivity contribution < 1.29 is 14.4 Å². The van der Waals surface area contributed by atoms with Crippen LogP contribution in [0.3, 0.4) is 0 Å². The van der Waals surface area contributed by atoms with Gasteiger partial charge in [0, 0.05) is 95.0 Å². The fraction of sp³-hybridized carbons (Fsp3) is 0.415. The first-order valence-electron chi connectivity index (χ1n) is 18.7. The molecule has 11 nitrogen and oxygen atoms in total. The molecule has 1 saturated heterocycles. The Labute approximate surface area is 305 Å². The van der Waals surface area contributed by atoms with Crippen LogP contribution < -0.4 is 15.5 Å². The van der Waals surface area contributed by atoms with Crippen molar-refractivity contribution in [1.29, 1.82) is 0 Å². The van der Waals surface area contributed by atoms with E-state index in [0.29, 0.717) is 35.7 Å². The highest BCUT2D eigenvalue weighted by Crippen LogP contribution is 2.49. The Hall–Kier alpha value is -5.00. The van der Waals surface area contributed by atoms with Crippen molar-refractivity contribution in [2.24, 2.45) is 0 Å². The Kier molecular flexibility index (Phi) is 9.31. The number of hydrogen-bond donors (Lipinski definition) is 2. The molecule has 2 aliphatic carbocycles. The van der Waals surface area contributed by atoms with Gasteiger partial charge >= 0.3 is 0 Å². The summed E-state index contributed by atoms with van der Waals surface area (Å²) in [4.78, 5) is 52.5. The van der Waals surface area contributed by atoms with Crippen LogP contribution in [-0.4, -0.2) is 94.8 Å². The van der Waals surface area contributed by atoms with Gasteiger partial charge < -0.3 is 25.0 Å². The van der Waals surface area contributed by atoms with Crippen LogP contribution in [-0.2, 0) is 25.2 Å². The number of carbonyl (C=O) groups is 3. The zero-order valence-electron chi connectivity index (χ0n) is 30.2. The number of nitrogens with one attached hydrogen (secondary N) is 2. The number of imidazole rings is 1. The highest BCUT2D eigenvalue weighted by Gasteiger charge is 2.49. The number of benzene rings is 3. The van der Waals surface area contributed by atoms with Gasteiger partial charge in [0.15, 0.2) is 5.82 Å². The van der Waals surface area contributed by atoms with E-state index in [9.17, 15) is 14.4 Å². The lowest BCUT2D eigenvalue weighted by molar-refractivity contribution is -0.0217. The van der Waals surface area contributed by atoms with Crippen molar-refractivity contribution in [3.05, 3.63) is 113 Å². The number of hydrogen-bond acceptors (Lipinski definition) is 7. The third-order valence-electron chi connectivity index (χ3n) is 11.4. The third-order valence-corrected chi connectivity index (χ3v) is 11.4. The van der Waals surface area contributed by atoms with E-state index in [0.717, 1.165) is 81.5 Å². The molecule has 1 spiro atoms. The highest BCUT2D eigenvalue weighted by molar-refractivity contribution is 6.04. The summed E-state index contributed by atoms with van der Waals surface area (Å²) in [7, 11) is 3.53. The largest absolute Gasteiger partial charge is 0.369 e.